The van der Waals surface area contributed by atoms with E-state index in [0.717, 1.165) is 17.7 Å². The van der Waals surface area contributed by atoms with Gasteiger partial charge in [-0.1, -0.05) is 23.2 Å². The highest BCUT2D eigenvalue weighted by atomic mass is 19.4. The Morgan fingerprint density at radius 1 is 1.08 bits per heavy atom. The zero-order valence-electron chi connectivity index (χ0n) is 13.5. The zero-order valence-corrected chi connectivity index (χ0v) is 13.5. The molecule has 0 aromatic heterocycles. The third kappa shape index (κ3) is 5.57. The topological polar surface area (TPSA) is 30.8 Å². The molecule has 0 spiro atoms. The molecule has 0 unspecified atom stereocenters. The lowest BCUT2D eigenvalue weighted by molar-refractivity contribution is -0.137. The van der Waals surface area contributed by atoms with Crippen LogP contribution >= 0.6 is 0 Å². The van der Waals surface area contributed by atoms with E-state index in [9.17, 15) is 13.2 Å². The first-order chi connectivity index (χ1) is 11.9. The Morgan fingerprint density at radius 2 is 1.72 bits per heavy atom. The molecule has 25 heavy (non-hydrogen) atoms. The molecular weight excluding hydrogens is 331 g/mol. The number of benzene rings is 2. The summed E-state index contributed by atoms with van der Waals surface area (Å²) >= 11 is 0. The van der Waals surface area contributed by atoms with Crippen molar-refractivity contribution in [1.29, 1.82) is 0 Å². The van der Waals surface area contributed by atoms with Crippen molar-refractivity contribution in [2.24, 2.45) is 5.16 Å². The molecule has 2 aromatic rings. The number of terminal acetylenes is 1. The van der Waals surface area contributed by atoms with Crippen molar-refractivity contribution in [3.63, 3.8) is 0 Å². The molecule has 0 bridgehead atoms. The van der Waals surface area contributed by atoms with E-state index in [0.29, 0.717) is 17.0 Å². The summed E-state index contributed by atoms with van der Waals surface area (Å²) < 4.78 is 43.1. The van der Waals surface area contributed by atoms with Gasteiger partial charge in [-0.15, -0.1) is 6.42 Å². The Kier molecular flexibility index (Phi) is 6.07. The number of rotatable bonds is 6. The molecule has 2 aromatic carbocycles. The predicted octanol–water partition coefficient (Wildman–Crippen LogP) is 4.66. The van der Waals surface area contributed by atoms with E-state index in [1.165, 1.54) is 12.1 Å². The van der Waals surface area contributed by atoms with Gasteiger partial charge in [-0.2, -0.15) is 13.2 Å². The number of hydrogen-bond acceptors (Lipinski definition) is 3. The van der Waals surface area contributed by atoms with Gasteiger partial charge in [-0.25, -0.2) is 0 Å². The van der Waals surface area contributed by atoms with Gasteiger partial charge in [0, 0.05) is 0 Å². The van der Waals surface area contributed by atoms with Crippen LogP contribution in [0.2, 0.25) is 0 Å². The van der Waals surface area contributed by atoms with Gasteiger partial charge in [-0.3, -0.25) is 0 Å². The second-order valence-electron chi connectivity index (χ2n) is 5.16. The van der Waals surface area contributed by atoms with Gasteiger partial charge < -0.3 is 9.57 Å². The minimum absolute atomic E-state index is 0.103. The summed E-state index contributed by atoms with van der Waals surface area (Å²) in [5.74, 6) is 2.91. The van der Waals surface area contributed by atoms with E-state index < -0.39 is 11.7 Å². The third-order valence-corrected chi connectivity index (χ3v) is 3.31. The van der Waals surface area contributed by atoms with Gasteiger partial charge in [0.25, 0.3) is 0 Å². The third-order valence-electron chi connectivity index (χ3n) is 3.31. The molecule has 3 nitrogen and oxygen atoms in total. The molecule has 0 saturated carbocycles. The lowest BCUT2D eigenvalue weighted by Gasteiger charge is -2.09. The number of hydrogen-bond donors (Lipinski definition) is 0. The lowest BCUT2D eigenvalue weighted by Crippen LogP contribution is -2.05. The quantitative estimate of drug-likeness (QED) is 0.329. The van der Waals surface area contributed by atoms with E-state index in [1.54, 1.807) is 31.2 Å². The van der Waals surface area contributed by atoms with Crippen molar-refractivity contribution < 1.29 is 22.7 Å². The number of alkyl halides is 3. The Balaban J connectivity index is 1.93. The molecule has 0 heterocycles. The molecular formula is C19H16F3NO2. The van der Waals surface area contributed by atoms with Crippen molar-refractivity contribution in [3.8, 4) is 18.1 Å². The summed E-state index contributed by atoms with van der Waals surface area (Å²) in [6.07, 6.45) is 0.733. The average Bonchev–Trinajstić information content (AvgIpc) is 2.60. The van der Waals surface area contributed by atoms with Crippen molar-refractivity contribution in [2.45, 2.75) is 19.7 Å². The van der Waals surface area contributed by atoms with Crippen molar-refractivity contribution >= 4 is 5.71 Å². The fraction of sp³-hybridized carbons (Fsp3) is 0.211. The maximum Gasteiger partial charge on any atom is 0.416 e. The Bertz CT molecular complexity index is 757. The number of halogens is 3. The summed E-state index contributed by atoms with van der Waals surface area (Å²) in [5.41, 5.74) is 1.49. The van der Waals surface area contributed by atoms with Crippen LogP contribution < -0.4 is 4.74 Å². The van der Waals surface area contributed by atoms with Crippen LogP contribution in [0, 0.1) is 12.3 Å². The Labute approximate surface area is 144 Å². The fourth-order valence-electron chi connectivity index (χ4n) is 1.97. The summed E-state index contributed by atoms with van der Waals surface area (Å²) in [7, 11) is 0. The van der Waals surface area contributed by atoms with Crippen LogP contribution in [0.15, 0.2) is 53.7 Å². The largest absolute Gasteiger partial charge is 0.489 e. The Hall–Kier alpha value is -2.94. The molecule has 0 N–H and O–H groups in total. The van der Waals surface area contributed by atoms with Gasteiger partial charge in [0.1, 0.15) is 12.4 Å². The van der Waals surface area contributed by atoms with Gasteiger partial charge in [0.05, 0.1) is 11.3 Å². The van der Waals surface area contributed by atoms with Gasteiger partial charge in [-0.05, 0) is 54.4 Å². The highest BCUT2D eigenvalue weighted by molar-refractivity contribution is 5.98. The summed E-state index contributed by atoms with van der Waals surface area (Å²) in [6, 6.07) is 12.0. The summed E-state index contributed by atoms with van der Waals surface area (Å²) in [4.78, 5) is 4.91. The number of ether oxygens (including phenoxy) is 1. The number of nitrogens with zero attached hydrogens (tertiary/aromatic N) is 1. The highest BCUT2D eigenvalue weighted by Gasteiger charge is 2.29. The van der Waals surface area contributed by atoms with Crippen molar-refractivity contribution in [1.82, 2.24) is 0 Å². The van der Waals surface area contributed by atoms with Crippen LogP contribution in [0.4, 0.5) is 13.2 Å². The van der Waals surface area contributed by atoms with Crippen molar-refractivity contribution in [3.05, 3.63) is 65.2 Å². The first-order valence-corrected chi connectivity index (χ1v) is 7.39. The van der Waals surface area contributed by atoms with E-state index in [1.807, 2.05) is 0 Å². The summed E-state index contributed by atoms with van der Waals surface area (Å²) in [6.45, 7) is 2.07. The van der Waals surface area contributed by atoms with Gasteiger partial charge >= 0.3 is 6.18 Å². The molecule has 2 rings (SSSR count). The molecule has 0 radical (unpaired) electrons. The Morgan fingerprint density at radius 3 is 2.28 bits per heavy atom. The normalized spacial score (nSPS) is 11.7. The smallest absolute Gasteiger partial charge is 0.416 e. The van der Waals surface area contributed by atoms with Crippen LogP contribution in [-0.4, -0.2) is 12.3 Å². The molecule has 0 amide bonds. The molecule has 0 saturated heterocycles. The lowest BCUT2D eigenvalue weighted by atomic mass is 10.1. The molecule has 0 fully saturated rings. The van der Waals surface area contributed by atoms with Gasteiger partial charge in [0.15, 0.2) is 6.61 Å². The second kappa shape index (κ2) is 8.25. The fourth-order valence-corrected chi connectivity index (χ4v) is 1.97. The molecule has 0 aliphatic carbocycles. The SMILES string of the molecule is C#CCO/N=C(/C)c1ccc(OCc2ccc(C(F)(F)F)cc2)cc1. The van der Waals surface area contributed by atoms with E-state index in [4.69, 9.17) is 16.0 Å². The molecule has 130 valence electrons. The minimum atomic E-state index is -4.33. The number of oxime groups is 1. The van der Waals surface area contributed by atoms with Gasteiger partial charge in [0.2, 0.25) is 0 Å². The second-order valence-corrected chi connectivity index (χ2v) is 5.16. The predicted molar refractivity (Wildman–Crippen MR) is 89.2 cm³/mol. The highest BCUT2D eigenvalue weighted by Crippen LogP contribution is 2.29. The monoisotopic (exact) mass is 347 g/mol. The van der Waals surface area contributed by atoms with Crippen molar-refractivity contribution in [2.75, 3.05) is 6.61 Å². The zero-order chi connectivity index (χ0) is 18.3. The van der Waals surface area contributed by atoms with E-state index >= 15 is 0 Å². The molecule has 0 aliphatic rings. The van der Waals surface area contributed by atoms with Crippen LogP contribution in [0.25, 0.3) is 0 Å². The maximum atomic E-state index is 12.5. The first-order valence-electron chi connectivity index (χ1n) is 7.39. The van der Waals surface area contributed by atoms with E-state index in [2.05, 4.69) is 11.1 Å². The van der Waals surface area contributed by atoms with E-state index in [-0.39, 0.29) is 13.2 Å². The molecule has 6 heteroatoms. The molecule has 0 aliphatic heterocycles. The summed E-state index contributed by atoms with van der Waals surface area (Å²) in [5, 5.41) is 3.88. The maximum absolute atomic E-state index is 12.5. The standard InChI is InChI=1S/C19H16F3NO2/c1-3-12-25-23-14(2)16-6-10-18(11-7-16)24-13-15-4-8-17(9-5-15)19(20,21)22/h1,4-11H,12-13H2,2H3/b23-14-. The molecule has 0 atom stereocenters. The minimum Gasteiger partial charge on any atom is -0.489 e. The average molecular weight is 347 g/mol. The van der Waals surface area contributed by atoms with Crippen LogP contribution in [0.5, 0.6) is 5.75 Å². The first kappa shape index (κ1) is 18.4. The van der Waals surface area contributed by atoms with Crippen LogP contribution in [0.3, 0.4) is 0 Å². The van der Waals surface area contributed by atoms with Crippen LogP contribution in [-0.2, 0) is 17.6 Å². The van der Waals surface area contributed by atoms with Crippen LogP contribution in [0.1, 0.15) is 23.6 Å².